The zero-order valence-corrected chi connectivity index (χ0v) is 35.9. The van der Waals surface area contributed by atoms with E-state index < -0.39 is 10.8 Å². The Morgan fingerprint density at radius 2 is 1.06 bits per heavy atom. The number of allylic oxidation sites excluding steroid dienone is 3. The molecule has 0 saturated carbocycles. The second kappa shape index (κ2) is 13.9. The van der Waals surface area contributed by atoms with Gasteiger partial charge in [0.2, 0.25) is 0 Å². The molecule has 1 atom stereocenters. The van der Waals surface area contributed by atoms with Crippen LogP contribution in [0.1, 0.15) is 69.7 Å². The van der Waals surface area contributed by atoms with Crippen molar-refractivity contribution in [1.29, 1.82) is 0 Å². The fourth-order valence-electron chi connectivity index (χ4n) is 12.4. The molecule has 2 heteroatoms. The first kappa shape index (κ1) is 36.9. The predicted molar refractivity (Wildman–Crippen MR) is 264 cm³/mol. The van der Waals surface area contributed by atoms with Gasteiger partial charge >= 0.3 is 0 Å². The first-order valence-corrected chi connectivity index (χ1v) is 22.7. The minimum Gasteiger partial charge on any atom is -0.456 e. The average Bonchev–Trinajstić information content (AvgIpc) is 4.07. The minimum atomic E-state index is -0.486. The number of anilines is 1. The second-order valence-corrected chi connectivity index (χ2v) is 17.7. The van der Waals surface area contributed by atoms with Gasteiger partial charge in [0.1, 0.15) is 11.3 Å². The molecule has 1 aromatic heterocycles. The molecule has 1 unspecified atom stereocenters. The van der Waals surface area contributed by atoms with E-state index >= 15 is 0 Å². The van der Waals surface area contributed by atoms with E-state index in [9.17, 15) is 0 Å². The van der Waals surface area contributed by atoms with E-state index in [1.807, 2.05) is 0 Å². The minimum absolute atomic E-state index is 0.0259. The average molecular weight is 820 g/mol. The van der Waals surface area contributed by atoms with Crippen molar-refractivity contribution < 1.29 is 4.42 Å². The lowest BCUT2D eigenvalue weighted by Gasteiger charge is -2.36. The second-order valence-electron chi connectivity index (χ2n) is 17.7. The summed E-state index contributed by atoms with van der Waals surface area (Å²) in [5.41, 5.74) is 21.9. The number of nitrogens with zero attached hydrogens (tertiary/aromatic N) is 1. The number of benzene rings is 8. The Balaban J connectivity index is 0.971. The van der Waals surface area contributed by atoms with E-state index in [1.165, 1.54) is 94.5 Å². The summed E-state index contributed by atoms with van der Waals surface area (Å²) >= 11 is 0. The van der Waals surface area contributed by atoms with Crippen LogP contribution >= 0.6 is 0 Å². The van der Waals surface area contributed by atoms with E-state index in [4.69, 9.17) is 4.42 Å². The summed E-state index contributed by atoms with van der Waals surface area (Å²) in [6, 6.07) is 70.2. The largest absolute Gasteiger partial charge is 0.456 e. The first-order valence-electron chi connectivity index (χ1n) is 22.7. The van der Waals surface area contributed by atoms with Crippen molar-refractivity contribution in [3.8, 4) is 33.4 Å². The fraction of sp³-hybridized carbons (Fsp3) is 0.0968. The predicted octanol–water partition coefficient (Wildman–Crippen LogP) is 15.1. The molecule has 4 aliphatic carbocycles. The van der Waals surface area contributed by atoms with Gasteiger partial charge in [0.25, 0.3) is 0 Å². The zero-order chi connectivity index (χ0) is 42.6. The van der Waals surface area contributed by atoms with Gasteiger partial charge < -0.3 is 9.32 Å². The molecule has 8 aromatic carbocycles. The molecule has 13 rings (SSSR count). The van der Waals surface area contributed by atoms with E-state index in [1.54, 1.807) is 0 Å². The molecular weight excluding hydrogens is 775 g/mol. The van der Waals surface area contributed by atoms with Crippen LogP contribution in [0.15, 0.2) is 222 Å². The molecule has 0 bridgehead atoms. The lowest BCUT2D eigenvalue weighted by molar-refractivity contribution is 0.588. The molecule has 0 fully saturated rings. The number of fused-ring (bicyclic) bond motifs is 16. The zero-order valence-electron chi connectivity index (χ0n) is 35.9. The Kier molecular flexibility index (Phi) is 8.03. The maximum Gasteiger partial charge on any atom is 0.135 e. The molecule has 1 heterocycles. The van der Waals surface area contributed by atoms with Crippen molar-refractivity contribution in [3.63, 3.8) is 0 Å². The van der Waals surface area contributed by atoms with Gasteiger partial charge in [0.15, 0.2) is 0 Å². The summed E-state index contributed by atoms with van der Waals surface area (Å²) in [6.07, 6.45) is 12.1. The third-order valence-corrected chi connectivity index (χ3v) is 14.8. The summed E-state index contributed by atoms with van der Waals surface area (Å²) in [6.45, 7) is 4.28. The van der Waals surface area contributed by atoms with Gasteiger partial charge in [-0.05, 0) is 110 Å². The maximum absolute atomic E-state index is 6.93. The van der Waals surface area contributed by atoms with Crippen molar-refractivity contribution in [2.75, 3.05) is 4.90 Å². The molecule has 0 aliphatic heterocycles. The smallest absolute Gasteiger partial charge is 0.135 e. The Hall–Kier alpha value is -7.68. The molecule has 64 heavy (non-hydrogen) atoms. The van der Waals surface area contributed by atoms with E-state index in [0.717, 1.165) is 23.5 Å². The van der Waals surface area contributed by atoms with Crippen LogP contribution in [-0.2, 0) is 17.3 Å². The van der Waals surface area contributed by atoms with Crippen molar-refractivity contribution in [1.82, 2.24) is 0 Å². The van der Waals surface area contributed by atoms with Crippen LogP contribution in [0.4, 0.5) is 5.69 Å². The summed E-state index contributed by atoms with van der Waals surface area (Å²) < 4.78 is 6.93. The molecule has 2 nitrogen and oxygen atoms in total. The van der Waals surface area contributed by atoms with E-state index in [0.29, 0.717) is 0 Å². The molecule has 4 aliphatic rings. The monoisotopic (exact) mass is 819 g/mol. The summed E-state index contributed by atoms with van der Waals surface area (Å²) in [7, 11) is 0. The van der Waals surface area contributed by atoms with Crippen LogP contribution in [0, 0.1) is 0 Å². The van der Waals surface area contributed by atoms with Gasteiger partial charge in [-0.3, -0.25) is 0 Å². The summed E-state index contributed by atoms with van der Waals surface area (Å²) in [5.74, 6) is 0.944. The number of hydrogen-bond acceptors (Lipinski definition) is 2. The van der Waals surface area contributed by atoms with Crippen molar-refractivity contribution >= 4 is 22.7 Å². The summed E-state index contributed by atoms with van der Waals surface area (Å²) in [4.78, 5) is 2.59. The fourth-order valence-corrected chi connectivity index (χ4v) is 12.4. The highest BCUT2D eigenvalue weighted by Crippen LogP contribution is 2.64. The van der Waals surface area contributed by atoms with Crippen molar-refractivity contribution in [2.45, 2.75) is 37.1 Å². The van der Waals surface area contributed by atoms with Crippen LogP contribution < -0.4 is 4.90 Å². The van der Waals surface area contributed by atoms with Crippen LogP contribution in [0.25, 0.3) is 50.4 Å². The van der Waals surface area contributed by atoms with Crippen LogP contribution in [0.2, 0.25) is 0 Å². The Morgan fingerprint density at radius 1 is 0.531 bits per heavy atom. The standard InChI is InChI=1S/C62H45NO/c1-3-19-42(4-2)63(57-33-18-32-56-60(57)49-26-12-17-31-55(49)62(56)53-29-15-10-24-46(53)47-25-11-16-30-54(47)62)43-35-37-58-50(39-43)48-36-34-41(38-59(48)64-58)61(40-20-6-5-7-21-40)51-27-13-8-22-44(51)45-23-9-14-28-52(45)61/h3-38,43H,39H2,1-2H3/b19-3-,42-4+. The lowest BCUT2D eigenvalue weighted by Crippen LogP contribution is -2.36. The Morgan fingerprint density at radius 3 is 1.66 bits per heavy atom. The Labute approximate surface area is 374 Å². The highest BCUT2D eigenvalue weighted by molar-refractivity contribution is 6.00. The molecule has 0 saturated heterocycles. The number of hydrogen-bond donors (Lipinski definition) is 0. The molecule has 9 aromatic rings. The maximum atomic E-state index is 6.93. The molecule has 1 spiro atoms. The molecule has 0 radical (unpaired) electrons. The van der Waals surface area contributed by atoms with Crippen LogP contribution in [0.5, 0.6) is 0 Å². The lowest BCUT2D eigenvalue weighted by atomic mass is 9.67. The van der Waals surface area contributed by atoms with Crippen molar-refractivity contribution in [2.24, 2.45) is 0 Å². The molecule has 0 amide bonds. The normalized spacial score (nSPS) is 16.6. The summed E-state index contributed by atoms with van der Waals surface area (Å²) in [5, 5.41) is 1.17. The van der Waals surface area contributed by atoms with E-state index in [2.05, 4.69) is 237 Å². The van der Waals surface area contributed by atoms with Gasteiger partial charge in [-0.15, -0.1) is 0 Å². The van der Waals surface area contributed by atoms with Gasteiger partial charge in [-0.25, -0.2) is 0 Å². The van der Waals surface area contributed by atoms with Crippen LogP contribution in [-0.4, -0.2) is 6.04 Å². The highest BCUT2D eigenvalue weighted by Gasteiger charge is 2.52. The van der Waals surface area contributed by atoms with E-state index in [-0.39, 0.29) is 6.04 Å². The highest BCUT2D eigenvalue weighted by atomic mass is 16.3. The molecule has 0 N–H and O–H groups in total. The first-order chi connectivity index (χ1) is 31.7. The Bertz CT molecular complexity index is 3380. The SMILES string of the molecule is C/C=C\C(=C/C)N(c1cccc2c1-c1ccccc1C21c2ccccc2-c2ccccc21)C1C=Cc2oc3cc(C4(c5ccccc5)c5ccccc5-c5ccccc54)ccc3c2C1. The van der Waals surface area contributed by atoms with Crippen molar-refractivity contribution in [3.05, 3.63) is 274 Å². The topological polar surface area (TPSA) is 16.4 Å². The third kappa shape index (κ3) is 4.75. The number of furan rings is 1. The molecule has 304 valence electrons. The van der Waals surface area contributed by atoms with Gasteiger partial charge in [0, 0.05) is 34.3 Å². The van der Waals surface area contributed by atoms with Gasteiger partial charge in [-0.2, -0.15) is 0 Å². The van der Waals surface area contributed by atoms with Crippen LogP contribution in [0.3, 0.4) is 0 Å². The third-order valence-electron chi connectivity index (χ3n) is 14.8. The van der Waals surface area contributed by atoms with Gasteiger partial charge in [0.05, 0.1) is 16.9 Å². The quantitative estimate of drug-likeness (QED) is 0.155. The van der Waals surface area contributed by atoms with Gasteiger partial charge in [-0.1, -0.05) is 194 Å². The number of rotatable bonds is 6. The molecular formula is C62H45NO.